The molecular weight excluding hydrogens is 294 g/mol. The molecule has 0 spiro atoms. The lowest BCUT2D eigenvalue weighted by Crippen LogP contribution is -2.31. The highest BCUT2D eigenvalue weighted by atomic mass is 16.5. The fourth-order valence-electron chi connectivity index (χ4n) is 2.63. The van der Waals surface area contributed by atoms with Gasteiger partial charge < -0.3 is 21.1 Å². The van der Waals surface area contributed by atoms with Gasteiger partial charge in [-0.3, -0.25) is 9.59 Å². The third-order valence-corrected chi connectivity index (χ3v) is 3.82. The summed E-state index contributed by atoms with van der Waals surface area (Å²) in [5.74, 6) is -0.278. The van der Waals surface area contributed by atoms with Crippen molar-refractivity contribution >= 4 is 17.5 Å². The Bertz CT molecular complexity index is 586. The highest BCUT2D eigenvalue weighted by Crippen LogP contribution is 2.21. The van der Waals surface area contributed by atoms with Crippen LogP contribution >= 0.6 is 0 Å². The molecule has 1 heterocycles. The molecule has 0 radical (unpaired) electrons. The van der Waals surface area contributed by atoms with Crippen molar-refractivity contribution in [2.24, 2.45) is 5.73 Å². The molecule has 1 saturated heterocycles. The van der Waals surface area contributed by atoms with Crippen molar-refractivity contribution in [1.82, 2.24) is 5.32 Å². The van der Waals surface area contributed by atoms with Crippen LogP contribution in [0.25, 0.3) is 0 Å². The molecule has 1 aromatic carbocycles. The second kappa shape index (κ2) is 7.57. The highest BCUT2D eigenvalue weighted by Gasteiger charge is 2.29. The monoisotopic (exact) mass is 319 g/mol. The quantitative estimate of drug-likeness (QED) is 0.768. The Kier molecular flexibility index (Phi) is 5.74. The van der Waals surface area contributed by atoms with Gasteiger partial charge in [0.1, 0.15) is 6.10 Å². The molecule has 4 N–H and O–H groups in total. The molecule has 2 atom stereocenters. The van der Waals surface area contributed by atoms with E-state index in [4.69, 9.17) is 10.5 Å². The number of nitrogens with one attached hydrogen (secondary N) is 2. The zero-order valence-corrected chi connectivity index (χ0v) is 13.9. The van der Waals surface area contributed by atoms with Crippen molar-refractivity contribution in [2.45, 2.75) is 51.9 Å². The van der Waals surface area contributed by atoms with Crippen molar-refractivity contribution in [3.05, 3.63) is 29.3 Å². The lowest BCUT2D eigenvalue weighted by Gasteiger charge is -2.14. The SMILES string of the molecule is Cc1cc(NC(=O)[C@@H]2CC[C@H](CN)O2)ccc1C(=O)NC(C)C. The summed E-state index contributed by atoms with van der Waals surface area (Å²) in [6.07, 6.45) is 1.01. The summed E-state index contributed by atoms with van der Waals surface area (Å²) >= 11 is 0. The van der Waals surface area contributed by atoms with E-state index >= 15 is 0 Å². The van der Waals surface area contributed by atoms with Gasteiger partial charge in [0.25, 0.3) is 11.8 Å². The van der Waals surface area contributed by atoms with Gasteiger partial charge >= 0.3 is 0 Å². The van der Waals surface area contributed by atoms with Crippen LogP contribution in [0.2, 0.25) is 0 Å². The number of amides is 2. The van der Waals surface area contributed by atoms with E-state index < -0.39 is 6.10 Å². The van der Waals surface area contributed by atoms with Crippen LogP contribution in [-0.4, -0.2) is 36.6 Å². The number of benzene rings is 1. The van der Waals surface area contributed by atoms with E-state index in [1.54, 1.807) is 18.2 Å². The van der Waals surface area contributed by atoms with Crippen LogP contribution < -0.4 is 16.4 Å². The second-order valence-corrected chi connectivity index (χ2v) is 6.21. The predicted molar refractivity (Wildman–Crippen MR) is 89.4 cm³/mol. The maximum atomic E-state index is 12.2. The van der Waals surface area contributed by atoms with Gasteiger partial charge in [-0.1, -0.05) is 0 Å². The van der Waals surface area contributed by atoms with Gasteiger partial charge in [0.05, 0.1) is 6.10 Å². The number of nitrogens with two attached hydrogens (primary N) is 1. The largest absolute Gasteiger partial charge is 0.364 e. The van der Waals surface area contributed by atoms with Gasteiger partial charge in [0, 0.05) is 23.8 Å². The molecule has 6 nitrogen and oxygen atoms in total. The van der Waals surface area contributed by atoms with Gasteiger partial charge in [-0.15, -0.1) is 0 Å². The van der Waals surface area contributed by atoms with Crippen molar-refractivity contribution in [2.75, 3.05) is 11.9 Å². The van der Waals surface area contributed by atoms with Gasteiger partial charge in [-0.05, 0) is 57.4 Å². The minimum Gasteiger partial charge on any atom is -0.364 e. The van der Waals surface area contributed by atoms with E-state index in [0.717, 1.165) is 12.0 Å². The maximum absolute atomic E-state index is 12.2. The summed E-state index contributed by atoms with van der Waals surface area (Å²) in [6, 6.07) is 5.33. The van der Waals surface area contributed by atoms with E-state index in [9.17, 15) is 9.59 Å². The van der Waals surface area contributed by atoms with Crippen molar-refractivity contribution in [3.8, 4) is 0 Å². The first-order valence-corrected chi connectivity index (χ1v) is 7.98. The Labute approximate surface area is 136 Å². The van der Waals surface area contributed by atoms with E-state index in [2.05, 4.69) is 10.6 Å². The Morgan fingerprint density at radius 1 is 1.35 bits per heavy atom. The molecule has 0 aliphatic carbocycles. The van der Waals surface area contributed by atoms with Gasteiger partial charge in [0.15, 0.2) is 0 Å². The number of aryl methyl sites for hydroxylation is 1. The molecule has 2 amide bonds. The third kappa shape index (κ3) is 4.53. The predicted octanol–water partition coefficient (Wildman–Crippen LogP) is 1.58. The molecule has 1 fully saturated rings. The zero-order valence-electron chi connectivity index (χ0n) is 13.9. The molecule has 0 saturated carbocycles. The lowest BCUT2D eigenvalue weighted by atomic mass is 10.1. The number of carbonyl (C=O) groups is 2. The number of carbonyl (C=O) groups excluding carboxylic acids is 2. The van der Waals surface area contributed by atoms with Crippen LogP contribution in [-0.2, 0) is 9.53 Å². The second-order valence-electron chi connectivity index (χ2n) is 6.21. The average Bonchev–Trinajstić information content (AvgIpc) is 2.95. The topological polar surface area (TPSA) is 93.5 Å². The van der Waals surface area contributed by atoms with E-state index in [1.165, 1.54) is 0 Å². The number of hydrogen-bond donors (Lipinski definition) is 3. The van der Waals surface area contributed by atoms with Crippen LogP contribution in [0, 0.1) is 6.92 Å². The summed E-state index contributed by atoms with van der Waals surface area (Å²) in [7, 11) is 0. The summed E-state index contributed by atoms with van der Waals surface area (Å²) < 4.78 is 5.58. The molecule has 1 aromatic rings. The van der Waals surface area contributed by atoms with Crippen LogP contribution in [0.5, 0.6) is 0 Å². The fourth-order valence-corrected chi connectivity index (χ4v) is 2.63. The summed E-state index contributed by atoms with van der Waals surface area (Å²) in [5.41, 5.74) is 7.64. The first kappa shape index (κ1) is 17.4. The molecule has 0 aromatic heterocycles. The minimum absolute atomic E-state index is 0.0328. The van der Waals surface area contributed by atoms with E-state index in [-0.39, 0.29) is 24.0 Å². The molecule has 1 aliphatic heterocycles. The lowest BCUT2D eigenvalue weighted by molar-refractivity contribution is -0.126. The molecule has 0 bridgehead atoms. The summed E-state index contributed by atoms with van der Waals surface area (Å²) in [5, 5.41) is 5.70. The molecule has 6 heteroatoms. The Morgan fingerprint density at radius 2 is 2.09 bits per heavy atom. The first-order valence-electron chi connectivity index (χ1n) is 7.98. The van der Waals surface area contributed by atoms with Crippen LogP contribution in [0.4, 0.5) is 5.69 Å². The molecule has 2 rings (SSSR count). The van der Waals surface area contributed by atoms with Crippen molar-refractivity contribution in [1.29, 1.82) is 0 Å². The fraction of sp³-hybridized carbons (Fsp3) is 0.529. The van der Waals surface area contributed by atoms with Crippen LogP contribution in [0.3, 0.4) is 0 Å². The molecule has 0 unspecified atom stereocenters. The summed E-state index contributed by atoms with van der Waals surface area (Å²) in [6.45, 7) is 6.11. The number of ether oxygens (including phenoxy) is 1. The number of hydrogen-bond acceptors (Lipinski definition) is 4. The van der Waals surface area contributed by atoms with Crippen LogP contribution in [0.15, 0.2) is 18.2 Å². The number of rotatable bonds is 5. The Balaban J connectivity index is 2.00. The third-order valence-electron chi connectivity index (χ3n) is 3.82. The standard InChI is InChI=1S/C17H25N3O3/c1-10(2)19-16(21)14-6-4-12(8-11(14)3)20-17(22)15-7-5-13(9-18)23-15/h4,6,8,10,13,15H,5,7,9,18H2,1-3H3,(H,19,21)(H,20,22)/t13-,15+/m1/s1. The van der Waals surface area contributed by atoms with Gasteiger partial charge in [-0.25, -0.2) is 0 Å². The number of anilines is 1. The molecule has 1 aliphatic rings. The first-order chi connectivity index (χ1) is 10.9. The van der Waals surface area contributed by atoms with Gasteiger partial charge in [-0.2, -0.15) is 0 Å². The summed E-state index contributed by atoms with van der Waals surface area (Å²) in [4.78, 5) is 24.3. The molecular formula is C17H25N3O3. The highest BCUT2D eigenvalue weighted by molar-refractivity contribution is 5.98. The van der Waals surface area contributed by atoms with Gasteiger partial charge in [0.2, 0.25) is 0 Å². The zero-order chi connectivity index (χ0) is 17.0. The minimum atomic E-state index is -0.451. The van der Waals surface area contributed by atoms with E-state index in [1.807, 2.05) is 20.8 Å². The normalized spacial score (nSPS) is 20.6. The van der Waals surface area contributed by atoms with E-state index in [0.29, 0.717) is 24.2 Å². The smallest absolute Gasteiger partial charge is 0.253 e. The Hall–Kier alpha value is -1.92. The molecule has 126 valence electrons. The molecule has 23 heavy (non-hydrogen) atoms. The maximum Gasteiger partial charge on any atom is 0.253 e. The average molecular weight is 319 g/mol. The Morgan fingerprint density at radius 3 is 2.65 bits per heavy atom. The van der Waals surface area contributed by atoms with Crippen molar-refractivity contribution in [3.63, 3.8) is 0 Å². The van der Waals surface area contributed by atoms with Crippen LogP contribution in [0.1, 0.15) is 42.6 Å². The van der Waals surface area contributed by atoms with Crippen molar-refractivity contribution < 1.29 is 14.3 Å².